The molecule has 3 aliphatic rings. The molecule has 2 saturated heterocycles. The molecule has 2 aromatic carbocycles. The van der Waals surface area contributed by atoms with Crippen molar-refractivity contribution in [3.63, 3.8) is 0 Å². The number of aliphatic hydroxyl groups excluding tert-OH is 1. The van der Waals surface area contributed by atoms with Gasteiger partial charge in [0.1, 0.15) is 23.8 Å². The van der Waals surface area contributed by atoms with Crippen molar-refractivity contribution in [3.05, 3.63) is 48.3 Å². The van der Waals surface area contributed by atoms with Gasteiger partial charge in [-0.1, -0.05) is 11.2 Å². The van der Waals surface area contributed by atoms with Crippen LogP contribution in [-0.4, -0.2) is 66.9 Å². The first-order chi connectivity index (χ1) is 20.0. The number of aliphatic hydroxyl groups is 1. The van der Waals surface area contributed by atoms with E-state index in [1.165, 1.54) is 29.4 Å². The van der Waals surface area contributed by atoms with Crippen LogP contribution >= 0.6 is 0 Å². The molecule has 0 bridgehead atoms. The van der Waals surface area contributed by atoms with E-state index in [9.17, 15) is 9.18 Å². The number of carbonyl (C=O) groups excluding carboxylic acids is 1. The molecule has 6 rings (SSSR count). The Morgan fingerprint density at radius 1 is 1.10 bits per heavy atom. The lowest BCUT2D eigenvalue weighted by Crippen LogP contribution is -2.35. The second kappa shape index (κ2) is 12.7. The summed E-state index contributed by atoms with van der Waals surface area (Å²) in [6.07, 6.45) is 6.60. The van der Waals surface area contributed by atoms with Crippen molar-refractivity contribution in [1.82, 2.24) is 9.97 Å². The topological polar surface area (TPSA) is 104 Å². The number of hydrogen-bond acceptors (Lipinski definition) is 8. The number of oxime groups is 1. The van der Waals surface area contributed by atoms with Crippen LogP contribution in [0, 0.1) is 23.5 Å². The normalized spacial score (nSPS) is 18.0. The molecule has 1 aliphatic carbocycles. The van der Waals surface area contributed by atoms with Crippen molar-refractivity contribution in [1.29, 1.82) is 0 Å². The van der Waals surface area contributed by atoms with Crippen molar-refractivity contribution < 1.29 is 23.5 Å². The van der Waals surface area contributed by atoms with Gasteiger partial charge in [-0.2, -0.15) is 0 Å². The van der Waals surface area contributed by atoms with E-state index in [-0.39, 0.29) is 11.6 Å². The van der Waals surface area contributed by atoms with Crippen LogP contribution in [-0.2, 0) is 9.63 Å². The van der Waals surface area contributed by atoms with E-state index in [1.807, 2.05) is 0 Å². The maximum atomic E-state index is 15.1. The lowest BCUT2D eigenvalue weighted by Gasteiger charge is -2.32. The van der Waals surface area contributed by atoms with E-state index in [1.54, 1.807) is 12.1 Å². The zero-order chi connectivity index (χ0) is 28.9. The Morgan fingerprint density at radius 2 is 1.88 bits per heavy atom. The van der Waals surface area contributed by atoms with Gasteiger partial charge in [-0.3, -0.25) is 9.79 Å². The van der Waals surface area contributed by atoms with Gasteiger partial charge in [-0.25, -0.2) is 18.7 Å². The number of aliphatic imine (C=N–C) groups is 1. The molecule has 1 saturated carbocycles. The molecule has 1 aromatic heterocycles. The first kappa shape index (κ1) is 28.5. The molecule has 216 valence electrons. The minimum absolute atomic E-state index is 0.0868. The highest BCUT2D eigenvalue weighted by Crippen LogP contribution is 2.36. The zero-order valence-corrected chi connectivity index (χ0v) is 23.1. The molecule has 0 atom stereocenters. The van der Waals surface area contributed by atoms with E-state index in [2.05, 4.69) is 31.7 Å². The Morgan fingerprint density at radius 3 is 2.54 bits per heavy atom. The van der Waals surface area contributed by atoms with Gasteiger partial charge in [0.2, 0.25) is 11.8 Å². The average Bonchev–Trinajstić information content (AvgIpc) is 3.76. The number of hydrogen-bond donors (Lipinski definition) is 1. The standard InChI is InChI=1S/C29H30F2N6O2.CH4O/c1-32-39-29(19-4-5-19)33-16-18-8-11-36(12-9-18)28-23-15-21(30)14-22(27(23)34-17-35-28)20-6-7-25(24(31)13-20)37-10-2-3-26(37)38;1-2/h6-7,13-15,17-19H,1-5,8-12,16H2;2H,1H3. The number of piperidine rings is 1. The van der Waals surface area contributed by atoms with Crippen molar-refractivity contribution >= 4 is 40.9 Å². The van der Waals surface area contributed by atoms with E-state index in [0.717, 1.165) is 45.9 Å². The van der Waals surface area contributed by atoms with Gasteiger partial charge in [0.05, 0.1) is 11.2 Å². The SMILES string of the molecule is C=NOC(=NCC1CCN(c2ncnc3c(-c4ccc(N5CCCC5=O)c(F)c4)cc(F)cc23)CC1)C1CC1.CO. The van der Waals surface area contributed by atoms with Crippen molar-refractivity contribution in [2.24, 2.45) is 22.0 Å². The third kappa shape index (κ3) is 6.19. The number of nitrogens with zero attached hydrogens (tertiary/aromatic N) is 6. The maximum absolute atomic E-state index is 15.1. The third-order valence-corrected chi connectivity index (χ3v) is 7.81. The summed E-state index contributed by atoms with van der Waals surface area (Å²) >= 11 is 0. The fourth-order valence-corrected chi connectivity index (χ4v) is 5.56. The second-order valence-corrected chi connectivity index (χ2v) is 10.5. The smallest absolute Gasteiger partial charge is 0.227 e. The lowest BCUT2D eigenvalue weighted by molar-refractivity contribution is -0.117. The summed E-state index contributed by atoms with van der Waals surface area (Å²) < 4.78 is 30.0. The summed E-state index contributed by atoms with van der Waals surface area (Å²) in [5.74, 6) is 1.09. The van der Waals surface area contributed by atoms with Crippen LogP contribution in [0.2, 0.25) is 0 Å². The van der Waals surface area contributed by atoms with Gasteiger partial charge >= 0.3 is 0 Å². The van der Waals surface area contributed by atoms with Crippen LogP contribution < -0.4 is 9.80 Å². The number of benzene rings is 2. The highest BCUT2D eigenvalue weighted by Gasteiger charge is 2.31. The fourth-order valence-electron chi connectivity index (χ4n) is 5.56. The van der Waals surface area contributed by atoms with Gasteiger partial charge in [0.25, 0.3) is 0 Å². The summed E-state index contributed by atoms with van der Waals surface area (Å²) in [5.41, 5.74) is 1.79. The van der Waals surface area contributed by atoms with Crippen LogP contribution in [0.3, 0.4) is 0 Å². The number of anilines is 2. The van der Waals surface area contributed by atoms with Gasteiger partial charge < -0.3 is 19.7 Å². The Kier molecular flexibility index (Phi) is 8.82. The third-order valence-electron chi connectivity index (χ3n) is 7.81. The number of halogens is 2. The first-order valence-electron chi connectivity index (χ1n) is 13.9. The fraction of sp³-hybridized carbons (Fsp3) is 0.433. The molecule has 3 fully saturated rings. The molecule has 0 radical (unpaired) electrons. The van der Waals surface area contributed by atoms with Crippen LogP contribution in [0.4, 0.5) is 20.3 Å². The first-order valence-corrected chi connectivity index (χ1v) is 13.9. The van der Waals surface area contributed by atoms with Gasteiger partial charge in [0.15, 0.2) is 0 Å². The van der Waals surface area contributed by atoms with Crippen LogP contribution in [0.1, 0.15) is 38.5 Å². The highest BCUT2D eigenvalue weighted by atomic mass is 19.1. The highest BCUT2D eigenvalue weighted by molar-refractivity contribution is 6.00. The summed E-state index contributed by atoms with van der Waals surface area (Å²) in [5, 5.41) is 11.1. The second-order valence-electron chi connectivity index (χ2n) is 10.5. The predicted molar refractivity (Wildman–Crippen MR) is 155 cm³/mol. The molecule has 41 heavy (non-hydrogen) atoms. The summed E-state index contributed by atoms with van der Waals surface area (Å²) in [6.45, 7) is 6.09. The molecule has 3 heterocycles. The van der Waals surface area contributed by atoms with E-state index < -0.39 is 11.6 Å². The quantitative estimate of drug-likeness (QED) is 0.247. The zero-order valence-electron chi connectivity index (χ0n) is 23.1. The van der Waals surface area contributed by atoms with Crippen LogP contribution in [0.25, 0.3) is 22.0 Å². The van der Waals surface area contributed by atoms with Gasteiger partial charge in [0, 0.05) is 63.3 Å². The molecule has 9 nitrogen and oxygen atoms in total. The largest absolute Gasteiger partial charge is 0.400 e. The number of aromatic nitrogens is 2. The molecule has 11 heteroatoms. The molecule has 3 aromatic rings. The Labute approximate surface area is 237 Å². The molecule has 1 N–H and O–H groups in total. The van der Waals surface area contributed by atoms with Crippen molar-refractivity contribution in [2.75, 3.05) is 43.1 Å². The van der Waals surface area contributed by atoms with Gasteiger partial charge in [-0.15, -0.1) is 0 Å². The Balaban J connectivity index is 0.00000165. The van der Waals surface area contributed by atoms with E-state index in [4.69, 9.17) is 9.94 Å². The van der Waals surface area contributed by atoms with Crippen molar-refractivity contribution in [2.45, 2.75) is 38.5 Å². The van der Waals surface area contributed by atoms with E-state index >= 15 is 4.39 Å². The van der Waals surface area contributed by atoms with Crippen molar-refractivity contribution in [3.8, 4) is 11.1 Å². The Hall–Kier alpha value is -3.99. The molecular weight excluding hydrogens is 530 g/mol. The maximum Gasteiger partial charge on any atom is 0.227 e. The lowest BCUT2D eigenvalue weighted by atomic mass is 9.96. The van der Waals surface area contributed by atoms with E-state index in [0.29, 0.717) is 71.5 Å². The minimum atomic E-state index is -0.515. The average molecular weight is 565 g/mol. The number of amides is 1. The summed E-state index contributed by atoms with van der Waals surface area (Å²) in [6, 6.07) is 7.47. The minimum Gasteiger partial charge on any atom is -0.400 e. The molecule has 0 spiro atoms. The van der Waals surface area contributed by atoms with Crippen LogP contribution in [0.5, 0.6) is 0 Å². The summed E-state index contributed by atoms with van der Waals surface area (Å²) in [7, 11) is 1.00. The Bertz CT molecular complexity index is 1450. The predicted octanol–water partition coefficient (Wildman–Crippen LogP) is 4.97. The molecule has 2 aliphatic heterocycles. The molecule has 1 amide bonds. The number of carbonyl (C=O) groups is 1. The number of rotatable bonds is 7. The van der Waals surface area contributed by atoms with Gasteiger partial charge in [-0.05, 0) is 67.9 Å². The monoisotopic (exact) mass is 564 g/mol. The summed E-state index contributed by atoms with van der Waals surface area (Å²) in [4.78, 5) is 34.6. The van der Waals surface area contributed by atoms with Crippen LogP contribution in [0.15, 0.2) is 46.8 Å². The molecular formula is C30H34F2N6O3. The number of fused-ring (bicyclic) bond motifs is 1. The molecule has 0 unspecified atom stereocenters.